The Hall–Kier alpha value is 1.82. The summed E-state index contributed by atoms with van der Waals surface area (Å²) in [5, 5.41) is 21.5. The summed E-state index contributed by atoms with van der Waals surface area (Å²) < 4.78 is 0. The van der Waals surface area contributed by atoms with Crippen molar-refractivity contribution in [2.75, 3.05) is 0 Å². The third-order valence-corrected chi connectivity index (χ3v) is 0. The van der Waals surface area contributed by atoms with E-state index in [4.69, 9.17) is 15.1 Å². The van der Waals surface area contributed by atoms with Gasteiger partial charge < -0.3 is 16.5 Å². The molecule has 0 radical (unpaired) electrons. The number of hydrogen-bond donors (Lipinski definition) is 3. The van der Waals surface area contributed by atoms with E-state index < -0.39 is 7.32 Å². The van der Waals surface area contributed by atoms with E-state index in [-0.39, 0.29) is 56.8 Å². The van der Waals surface area contributed by atoms with Crippen molar-refractivity contribution >= 4 is 7.32 Å². The zero-order valence-corrected chi connectivity index (χ0v) is 9.01. The van der Waals surface area contributed by atoms with Crippen molar-refractivity contribution in [2.24, 2.45) is 0 Å². The van der Waals surface area contributed by atoms with Gasteiger partial charge in [0.05, 0.1) is 0 Å². The molecule has 0 unspecified atom stereocenters. The van der Waals surface area contributed by atoms with Crippen LogP contribution >= 0.6 is 0 Å². The Labute approximate surface area is 78.5 Å². The molecule has 0 bridgehead atoms. The third-order valence-electron chi connectivity index (χ3n) is 0. The second-order valence-electron chi connectivity index (χ2n) is 0.346. The van der Waals surface area contributed by atoms with Gasteiger partial charge in [0.25, 0.3) is 0 Å². The molecule has 0 amide bonds. The van der Waals surface area contributed by atoms with Crippen molar-refractivity contribution in [3.05, 3.63) is 0 Å². The molecule has 0 aliphatic rings. The molecule has 30 valence electrons. The van der Waals surface area contributed by atoms with Crippen LogP contribution in [0, 0.1) is 0 Å². The Morgan fingerprint density at radius 2 is 1.17 bits per heavy atom. The predicted octanol–water partition coefficient (Wildman–Crippen LogP) is -4.94. The number of hydrogen-bond acceptors (Lipinski definition) is 3. The Bertz CT molecular complexity index is 19.7. The molecule has 0 saturated carbocycles. The zero-order chi connectivity index (χ0) is 3.58. The molecule has 0 aromatic rings. The van der Waals surface area contributed by atoms with Crippen LogP contribution in [0.1, 0.15) is 1.43 Å². The summed E-state index contributed by atoms with van der Waals surface area (Å²) in [6.45, 7) is 0. The number of rotatable bonds is 0. The van der Waals surface area contributed by atoms with Crippen LogP contribution in [0.2, 0.25) is 0 Å². The average Bonchev–Trinajstić information content (AvgIpc) is 0.811. The van der Waals surface area contributed by atoms with Gasteiger partial charge in [0.1, 0.15) is 0 Å². The predicted molar refractivity (Wildman–Crippen MR) is 13.5 cm³/mol. The summed E-state index contributed by atoms with van der Waals surface area (Å²) in [5.41, 5.74) is 0. The van der Waals surface area contributed by atoms with Gasteiger partial charge in [-0.25, -0.2) is 0 Å². The van der Waals surface area contributed by atoms with Crippen LogP contribution < -0.4 is 29.6 Å². The second kappa shape index (κ2) is 9.94. The minimum Gasteiger partial charge on any atom is -1.00 e. The molecule has 0 heterocycles. The fourth-order valence-corrected chi connectivity index (χ4v) is 0. The quantitative estimate of drug-likeness (QED) is 0.384. The summed E-state index contributed by atoms with van der Waals surface area (Å²) in [5.74, 6) is 0. The van der Waals surface area contributed by atoms with E-state index in [9.17, 15) is 0 Å². The molecule has 0 aromatic heterocycles. The molecule has 6 heteroatoms. The minimum atomic E-state index is -2.17. The van der Waals surface area contributed by atoms with Crippen LogP contribution in [0.4, 0.5) is 0 Å². The minimum absolute atomic E-state index is 0. The fraction of sp³-hybridized carbons (Fsp3) is 0. The summed E-state index contributed by atoms with van der Waals surface area (Å²) in [6, 6.07) is 0. The monoisotopic (exact) mass is 266 g/mol. The van der Waals surface area contributed by atoms with Crippen LogP contribution in [0.15, 0.2) is 0 Å². The SMILES string of the molecule is OB(O)O.[H-].[Hf].[Na+]. The van der Waals surface area contributed by atoms with Crippen LogP contribution in [0.25, 0.3) is 0 Å². The Kier molecular flexibility index (Phi) is 25.9. The molecule has 0 aromatic carbocycles. The first kappa shape index (κ1) is 15.7. The van der Waals surface area contributed by atoms with E-state index in [1.165, 1.54) is 0 Å². The molecule has 0 spiro atoms. The van der Waals surface area contributed by atoms with Gasteiger partial charge in [-0.2, -0.15) is 0 Å². The molecule has 0 atom stereocenters. The van der Waals surface area contributed by atoms with E-state index in [0.29, 0.717) is 0 Å². The first-order chi connectivity index (χ1) is 1.73. The first-order valence-electron chi connectivity index (χ1n) is 0.775. The maximum absolute atomic E-state index is 7.17. The van der Waals surface area contributed by atoms with Crippen LogP contribution in [0.5, 0.6) is 0 Å². The molecule has 3 N–H and O–H groups in total. The second-order valence-corrected chi connectivity index (χ2v) is 0.346. The van der Waals surface area contributed by atoms with Gasteiger partial charge in [-0.1, -0.05) is 0 Å². The molecular weight excluding hydrogens is 260 g/mol. The Balaban J connectivity index is -0.0000000150. The van der Waals surface area contributed by atoms with Gasteiger partial charge in [0.2, 0.25) is 0 Å². The van der Waals surface area contributed by atoms with Crippen molar-refractivity contribution in [1.29, 1.82) is 0 Å². The van der Waals surface area contributed by atoms with Crippen molar-refractivity contribution < 1.29 is 71.9 Å². The van der Waals surface area contributed by atoms with Crippen LogP contribution in [0.3, 0.4) is 0 Å². The zero-order valence-electron chi connectivity index (χ0n) is 4.42. The Morgan fingerprint density at radius 3 is 1.17 bits per heavy atom. The van der Waals surface area contributed by atoms with Crippen molar-refractivity contribution in [3.8, 4) is 0 Å². The fourth-order valence-electron chi connectivity index (χ4n) is 0. The van der Waals surface area contributed by atoms with Crippen LogP contribution in [-0.4, -0.2) is 22.4 Å². The van der Waals surface area contributed by atoms with Gasteiger partial charge in [-0.05, 0) is 0 Å². The summed E-state index contributed by atoms with van der Waals surface area (Å²) in [7, 11) is -2.17. The van der Waals surface area contributed by atoms with E-state index in [1.54, 1.807) is 0 Å². The molecule has 3 nitrogen and oxygen atoms in total. The average molecular weight is 264 g/mol. The standard InChI is InChI=1S/BH3O3.Hf.Na.H/c2-1(3)4;;;/h2-4H;;;/q;;+1;-1. The third kappa shape index (κ3) is 40.9. The molecule has 0 saturated heterocycles. The van der Waals surface area contributed by atoms with Gasteiger partial charge in [-0.15, -0.1) is 0 Å². The Morgan fingerprint density at radius 1 is 1.17 bits per heavy atom. The topological polar surface area (TPSA) is 60.7 Å². The van der Waals surface area contributed by atoms with E-state index in [0.717, 1.165) is 0 Å². The molecule has 0 rings (SSSR count). The van der Waals surface area contributed by atoms with Gasteiger partial charge >= 0.3 is 36.9 Å². The smallest absolute Gasteiger partial charge is 1.00 e. The summed E-state index contributed by atoms with van der Waals surface area (Å²) in [4.78, 5) is 0. The van der Waals surface area contributed by atoms with Crippen molar-refractivity contribution in [3.63, 3.8) is 0 Å². The van der Waals surface area contributed by atoms with E-state index in [2.05, 4.69) is 0 Å². The van der Waals surface area contributed by atoms with Gasteiger partial charge in [-0.3, -0.25) is 0 Å². The summed E-state index contributed by atoms with van der Waals surface area (Å²) >= 11 is 0. The van der Waals surface area contributed by atoms with E-state index in [1.807, 2.05) is 0 Å². The molecular formula is H4BHfNaO3. The maximum Gasteiger partial charge on any atom is 1.00 e. The van der Waals surface area contributed by atoms with Crippen molar-refractivity contribution in [2.45, 2.75) is 0 Å². The maximum atomic E-state index is 7.17. The van der Waals surface area contributed by atoms with Crippen molar-refractivity contribution in [1.82, 2.24) is 0 Å². The molecule has 0 aliphatic carbocycles. The molecule has 6 heavy (non-hydrogen) atoms. The van der Waals surface area contributed by atoms with E-state index >= 15 is 0 Å². The van der Waals surface area contributed by atoms with Crippen LogP contribution in [-0.2, 0) is 25.8 Å². The van der Waals surface area contributed by atoms with Gasteiger partial charge in [0.15, 0.2) is 0 Å². The van der Waals surface area contributed by atoms with Gasteiger partial charge in [0, 0.05) is 25.8 Å². The normalized spacial score (nSPS) is 4.50. The largest absolute Gasteiger partial charge is 1.00 e. The summed E-state index contributed by atoms with van der Waals surface area (Å²) in [6.07, 6.45) is 0. The molecule has 0 fully saturated rings. The first-order valence-corrected chi connectivity index (χ1v) is 0.775. The molecule has 0 aliphatic heterocycles.